The normalized spacial score (nSPS) is 48.4. The summed E-state index contributed by atoms with van der Waals surface area (Å²) in [4.78, 5) is 30.1. The Morgan fingerprint density at radius 3 is 2.06 bits per heavy atom. The van der Waals surface area contributed by atoms with Crippen molar-refractivity contribution in [2.24, 2.45) is 23.7 Å². The number of hydrogen-bond donors (Lipinski definition) is 5. The zero-order valence-electron chi connectivity index (χ0n) is 34.5. The first-order chi connectivity index (χ1) is 24.3. The third kappa shape index (κ3) is 9.99. The van der Waals surface area contributed by atoms with Crippen molar-refractivity contribution in [2.75, 3.05) is 14.2 Å². The Balaban J connectivity index is 2.19. The molecule has 0 aromatic rings. The lowest BCUT2D eigenvalue weighted by molar-refractivity contribution is -0.318. The van der Waals surface area contributed by atoms with Crippen LogP contribution in [0.2, 0.25) is 0 Å². The van der Waals surface area contributed by atoms with Crippen LogP contribution in [-0.4, -0.2) is 147 Å². The van der Waals surface area contributed by atoms with Crippen molar-refractivity contribution in [3.63, 3.8) is 0 Å². The molecule has 3 heterocycles. The minimum absolute atomic E-state index is 0.0923. The maximum absolute atomic E-state index is 14.1. The minimum Gasteiger partial charge on any atom is -0.459 e. The van der Waals surface area contributed by atoms with Crippen LogP contribution in [0, 0.1) is 23.7 Å². The zero-order chi connectivity index (χ0) is 40.5. The summed E-state index contributed by atoms with van der Waals surface area (Å²) in [7, 11) is 3.41. The number of cyclic esters (lactones) is 1. The molecule has 0 unspecified atom stereocenters. The monoisotopic (exact) mass is 761 g/mol. The number of rotatable bonds is 8. The molecule has 310 valence electrons. The van der Waals surface area contributed by atoms with E-state index in [1.807, 2.05) is 27.8 Å². The van der Waals surface area contributed by atoms with Crippen molar-refractivity contribution in [3.8, 4) is 0 Å². The lowest BCUT2D eigenvalue weighted by Crippen LogP contribution is -2.61. The van der Waals surface area contributed by atoms with E-state index in [1.54, 1.807) is 41.5 Å². The number of ketones is 1. The van der Waals surface area contributed by atoms with Gasteiger partial charge < -0.3 is 54.0 Å². The molecule has 0 aliphatic carbocycles. The highest BCUT2D eigenvalue weighted by Gasteiger charge is 2.53. The summed E-state index contributed by atoms with van der Waals surface area (Å²) < 4.78 is 37.3. The van der Waals surface area contributed by atoms with Gasteiger partial charge in [0.15, 0.2) is 12.6 Å². The van der Waals surface area contributed by atoms with E-state index in [0.29, 0.717) is 6.42 Å². The van der Waals surface area contributed by atoms with E-state index in [4.69, 9.17) is 28.4 Å². The molecule has 0 spiro atoms. The van der Waals surface area contributed by atoms with E-state index in [1.165, 1.54) is 27.9 Å². The molecular weight excluding hydrogens is 690 g/mol. The molecule has 14 heteroatoms. The van der Waals surface area contributed by atoms with Crippen LogP contribution in [0.1, 0.15) is 109 Å². The molecule has 3 saturated heterocycles. The number of esters is 1. The van der Waals surface area contributed by atoms with Gasteiger partial charge in [-0.3, -0.25) is 14.5 Å². The summed E-state index contributed by atoms with van der Waals surface area (Å²) in [6.07, 6.45) is -9.77. The van der Waals surface area contributed by atoms with Gasteiger partial charge >= 0.3 is 5.97 Å². The molecular formula is C39H71NO13. The second-order valence-electron chi connectivity index (χ2n) is 17.3. The van der Waals surface area contributed by atoms with Crippen molar-refractivity contribution < 1.29 is 63.5 Å². The number of aliphatic hydroxyl groups is 5. The van der Waals surface area contributed by atoms with Crippen LogP contribution < -0.4 is 0 Å². The average molecular weight is 762 g/mol. The number of carbonyl (C=O) groups is 2. The third-order valence-corrected chi connectivity index (χ3v) is 12.5. The Bertz CT molecular complexity index is 1220. The van der Waals surface area contributed by atoms with E-state index in [2.05, 4.69) is 4.90 Å². The quantitative estimate of drug-likeness (QED) is 0.227. The van der Waals surface area contributed by atoms with E-state index in [9.17, 15) is 35.1 Å². The molecule has 3 fully saturated rings. The minimum atomic E-state index is -2.00. The van der Waals surface area contributed by atoms with Crippen LogP contribution in [0.5, 0.6) is 0 Å². The summed E-state index contributed by atoms with van der Waals surface area (Å²) in [6.45, 7) is 20.4. The lowest BCUT2D eigenvalue weighted by Gasteiger charge is -2.49. The number of nitrogens with zero attached hydrogens (tertiary/aromatic N) is 1. The van der Waals surface area contributed by atoms with Gasteiger partial charge in [0.25, 0.3) is 0 Å². The molecule has 53 heavy (non-hydrogen) atoms. The third-order valence-electron chi connectivity index (χ3n) is 12.5. The Hall–Kier alpha value is -1.30. The van der Waals surface area contributed by atoms with E-state index in [-0.39, 0.29) is 37.5 Å². The Labute approximate surface area is 316 Å². The molecule has 0 aromatic carbocycles. The van der Waals surface area contributed by atoms with Crippen molar-refractivity contribution in [1.29, 1.82) is 0 Å². The molecule has 0 aromatic heterocycles. The highest BCUT2D eigenvalue weighted by Crippen LogP contribution is 2.41. The number of methoxy groups -OCH3 is 1. The van der Waals surface area contributed by atoms with Gasteiger partial charge in [0.1, 0.15) is 29.7 Å². The first-order valence-corrected chi connectivity index (χ1v) is 19.5. The maximum Gasteiger partial charge on any atom is 0.311 e. The molecule has 3 rings (SSSR count). The van der Waals surface area contributed by atoms with Gasteiger partial charge in [0, 0.05) is 43.4 Å². The number of aliphatic hydroxyl groups excluding tert-OH is 3. The number of Topliss-reactive ketones (excluding diaryl/α,β-unsaturated/α-hetero) is 1. The van der Waals surface area contributed by atoms with Gasteiger partial charge in [-0.05, 0) is 81.7 Å². The molecule has 5 N–H and O–H groups in total. The second kappa shape index (κ2) is 17.9. The summed E-state index contributed by atoms with van der Waals surface area (Å²) in [5.74, 6) is -4.99. The van der Waals surface area contributed by atoms with E-state index in [0.717, 1.165) is 0 Å². The van der Waals surface area contributed by atoms with E-state index < -0.39 is 108 Å². The molecule has 14 nitrogen and oxygen atoms in total. The van der Waals surface area contributed by atoms with Gasteiger partial charge in [-0.15, -0.1) is 0 Å². The fourth-order valence-electron chi connectivity index (χ4n) is 8.68. The molecule has 0 radical (unpaired) electrons. The lowest BCUT2D eigenvalue weighted by atomic mass is 9.74. The van der Waals surface area contributed by atoms with Crippen LogP contribution in [0.15, 0.2) is 0 Å². The summed E-state index contributed by atoms with van der Waals surface area (Å²) in [6, 6.07) is -0.229. The molecule has 3 aliphatic heterocycles. The standard InChI is InChI=1S/C39H71NO13/c1-15-27-39(12,47)32(43)22(6)29(41)20(4)17-37(10,46)34(53-36-30(42)26(16-21(5)49-36)40(13)19(2)3)23(7)31(24(8)35(45)51-27)52-28-18-38(11,48-14)33(44)25(9)50-28/h19-28,30-34,36,42-44,46-47H,15-18H2,1-14H3/t20-,21-,22+,23+,24-,25+,26+,27-,28+,30-,31+,32-,33+,34-,36+,37-,38-,39-/m1/s1. The largest absolute Gasteiger partial charge is 0.459 e. The SMILES string of the molecule is CC[C@H]1OC(=O)[C@H](C)[C@@H](O[C@H]2C[C@@](C)(OC)[C@@H](O)[C@H](C)O2)[C@H](C)[C@@H](O[C@@H]2O[C@H](C)C[C@H](N(C)C(C)C)[C@H]2O)[C@](C)(O)C[C@@H](C)C(=O)[C@H](C)[C@@H](O)[C@]1(C)O. The predicted molar refractivity (Wildman–Crippen MR) is 195 cm³/mol. The average Bonchev–Trinajstić information content (AvgIpc) is 3.08. The molecule has 0 bridgehead atoms. The second-order valence-corrected chi connectivity index (χ2v) is 17.3. The zero-order valence-corrected chi connectivity index (χ0v) is 34.5. The van der Waals surface area contributed by atoms with Crippen LogP contribution in [0.4, 0.5) is 0 Å². The number of carbonyl (C=O) groups excluding carboxylic acids is 2. The van der Waals surface area contributed by atoms with Crippen LogP contribution >= 0.6 is 0 Å². The Kier molecular flexibility index (Phi) is 15.5. The van der Waals surface area contributed by atoms with E-state index >= 15 is 0 Å². The van der Waals surface area contributed by atoms with Crippen molar-refractivity contribution in [1.82, 2.24) is 4.90 Å². The van der Waals surface area contributed by atoms with Crippen molar-refractivity contribution in [2.45, 2.75) is 199 Å². The molecule has 18 atom stereocenters. The molecule has 0 amide bonds. The number of likely N-dealkylation sites (N-methyl/N-ethyl adjacent to an activating group) is 1. The predicted octanol–water partition coefficient (Wildman–Crippen LogP) is 2.56. The molecule has 3 aliphatic rings. The smallest absolute Gasteiger partial charge is 0.311 e. The Morgan fingerprint density at radius 2 is 1.51 bits per heavy atom. The number of hydrogen-bond acceptors (Lipinski definition) is 14. The van der Waals surface area contributed by atoms with Crippen molar-refractivity contribution >= 4 is 11.8 Å². The fourth-order valence-corrected chi connectivity index (χ4v) is 8.68. The first-order valence-electron chi connectivity index (χ1n) is 19.5. The number of ether oxygens (including phenoxy) is 6. The van der Waals surface area contributed by atoms with Gasteiger partial charge in [0.2, 0.25) is 0 Å². The summed E-state index contributed by atoms with van der Waals surface area (Å²) >= 11 is 0. The summed E-state index contributed by atoms with van der Waals surface area (Å²) in [5, 5.41) is 58.1. The van der Waals surface area contributed by atoms with Crippen molar-refractivity contribution in [3.05, 3.63) is 0 Å². The van der Waals surface area contributed by atoms with Crippen LogP contribution in [0.3, 0.4) is 0 Å². The highest BCUT2D eigenvalue weighted by molar-refractivity contribution is 5.83. The highest BCUT2D eigenvalue weighted by atomic mass is 16.7. The fraction of sp³-hybridized carbons (Fsp3) is 0.949. The van der Waals surface area contributed by atoms with Gasteiger partial charge in [0.05, 0.1) is 47.6 Å². The van der Waals surface area contributed by atoms with Crippen LogP contribution in [-0.2, 0) is 38.0 Å². The first kappa shape index (κ1) is 46.1. The summed E-state index contributed by atoms with van der Waals surface area (Å²) in [5.41, 5.74) is -4.85. The molecule has 0 saturated carbocycles. The Morgan fingerprint density at radius 1 is 0.906 bits per heavy atom. The maximum atomic E-state index is 14.1. The van der Waals surface area contributed by atoms with Crippen LogP contribution in [0.25, 0.3) is 0 Å². The van der Waals surface area contributed by atoms with Gasteiger partial charge in [-0.2, -0.15) is 0 Å². The van der Waals surface area contributed by atoms with Gasteiger partial charge in [-0.25, -0.2) is 0 Å². The van der Waals surface area contributed by atoms with Gasteiger partial charge in [-0.1, -0.05) is 27.7 Å². The topological polar surface area (TPSA) is 194 Å².